The van der Waals surface area contributed by atoms with Gasteiger partial charge >= 0.3 is 0 Å². The molecular weight excluding hydrogens is 356 g/mol. The molecule has 0 aliphatic carbocycles. The lowest BCUT2D eigenvalue weighted by Crippen LogP contribution is -2.38. The molecule has 0 saturated carbocycles. The number of hydrogen-bond donors (Lipinski definition) is 1. The topological polar surface area (TPSA) is 80.5 Å². The average Bonchev–Trinajstić information content (AvgIpc) is 3.29. The number of carbonyl (C=O) groups excluding carboxylic acids is 1. The van der Waals surface area contributed by atoms with Gasteiger partial charge in [0.2, 0.25) is 5.91 Å². The lowest BCUT2D eigenvalue weighted by molar-refractivity contribution is -0.120. The van der Waals surface area contributed by atoms with Crippen LogP contribution in [0.5, 0.6) is 5.75 Å². The Morgan fingerprint density at radius 2 is 1.93 bits per heavy atom. The molecule has 144 valence electrons. The van der Waals surface area contributed by atoms with Gasteiger partial charge in [-0.2, -0.15) is 0 Å². The molecule has 0 unspecified atom stereocenters. The van der Waals surface area contributed by atoms with Gasteiger partial charge in [0, 0.05) is 19.0 Å². The van der Waals surface area contributed by atoms with E-state index in [2.05, 4.69) is 20.4 Å². The van der Waals surface area contributed by atoms with E-state index < -0.39 is 0 Å². The second-order valence-electron chi connectivity index (χ2n) is 6.70. The number of amides is 1. The van der Waals surface area contributed by atoms with Crippen LogP contribution in [0, 0.1) is 5.92 Å². The molecule has 1 saturated heterocycles. The summed E-state index contributed by atoms with van der Waals surface area (Å²) in [4.78, 5) is 14.8. The van der Waals surface area contributed by atoms with Crippen LogP contribution in [0.1, 0.15) is 12.8 Å². The van der Waals surface area contributed by atoms with E-state index in [1.165, 1.54) is 0 Å². The molecule has 1 fully saturated rings. The molecule has 4 rings (SSSR count). The third-order valence-electron chi connectivity index (χ3n) is 4.98. The van der Waals surface area contributed by atoms with Crippen LogP contribution in [-0.2, 0) is 4.79 Å². The first-order valence-corrected chi connectivity index (χ1v) is 9.31. The Morgan fingerprint density at radius 3 is 2.61 bits per heavy atom. The van der Waals surface area contributed by atoms with Crippen molar-refractivity contribution in [3.05, 3.63) is 54.8 Å². The summed E-state index contributed by atoms with van der Waals surface area (Å²) in [7, 11) is 1.60. The first kappa shape index (κ1) is 18.0. The summed E-state index contributed by atoms with van der Waals surface area (Å²) >= 11 is 0. The monoisotopic (exact) mass is 378 g/mol. The molecule has 1 aliphatic heterocycles. The summed E-state index contributed by atoms with van der Waals surface area (Å²) in [6.45, 7) is 1.53. The van der Waals surface area contributed by atoms with Crippen molar-refractivity contribution in [2.75, 3.05) is 30.4 Å². The second-order valence-corrected chi connectivity index (χ2v) is 6.70. The number of ether oxygens (including phenoxy) is 1. The van der Waals surface area contributed by atoms with Gasteiger partial charge in [-0.15, -0.1) is 10.2 Å². The Morgan fingerprint density at radius 1 is 1.11 bits per heavy atom. The van der Waals surface area contributed by atoms with Gasteiger partial charge in [0.1, 0.15) is 11.4 Å². The predicted molar refractivity (Wildman–Crippen MR) is 106 cm³/mol. The van der Waals surface area contributed by atoms with Crippen LogP contribution in [0.3, 0.4) is 0 Å². The summed E-state index contributed by atoms with van der Waals surface area (Å²) in [6.07, 6.45) is 3.15. The van der Waals surface area contributed by atoms with Gasteiger partial charge in [-0.25, -0.2) is 0 Å². The first-order chi connectivity index (χ1) is 13.7. The minimum absolute atomic E-state index is 0.0309. The molecule has 1 aromatic carbocycles. The molecule has 3 aromatic rings. The summed E-state index contributed by atoms with van der Waals surface area (Å²) in [6, 6.07) is 15.0. The molecule has 0 spiro atoms. The third kappa shape index (κ3) is 3.83. The maximum absolute atomic E-state index is 12.6. The fourth-order valence-electron chi connectivity index (χ4n) is 3.40. The van der Waals surface area contributed by atoms with E-state index in [1.807, 2.05) is 48.5 Å². The molecule has 2 aromatic heterocycles. The van der Waals surface area contributed by atoms with Crippen LogP contribution in [0.4, 0.5) is 11.5 Å². The van der Waals surface area contributed by atoms with Crippen LogP contribution in [0.25, 0.3) is 11.5 Å². The molecule has 1 aliphatic rings. The smallest absolute Gasteiger partial charge is 0.227 e. The lowest BCUT2D eigenvalue weighted by atomic mass is 9.95. The molecule has 7 heteroatoms. The van der Waals surface area contributed by atoms with Crippen LogP contribution in [0.2, 0.25) is 0 Å². The standard InChI is InChI=1S/C21H22N4O3/c1-27-18-6-3-2-5-16(18)22-21(26)15-10-12-25(13-11-15)20-9-8-17(23-24-20)19-7-4-14-28-19/h2-9,14-15H,10-13H2,1H3,(H,22,26). The predicted octanol–water partition coefficient (Wildman–Crippen LogP) is 3.60. The molecule has 1 N–H and O–H groups in total. The molecule has 0 atom stereocenters. The van der Waals surface area contributed by atoms with Crippen molar-refractivity contribution in [1.82, 2.24) is 10.2 Å². The summed E-state index contributed by atoms with van der Waals surface area (Å²) in [5.41, 5.74) is 1.41. The second kappa shape index (κ2) is 8.12. The van der Waals surface area contributed by atoms with E-state index in [0.29, 0.717) is 22.9 Å². The van der Waals surface area contributed by atoms with Gasteiger partial charge in [-0.05, 0) is 49.2 Å². The van der Waals surface area contributed by atoms with E-state index in [4.69, 9.17) is 9.15 Å². The number of benzene rings is 1. The van der Waals surface area contributed by atoms with Gasteiger partial charge in [0.25, 0.3) is 0 Å². The van der Waals surface area contributed by atoms with Crippen molar-refractivity contribution >= 4 is 17.4 Å². The Kier molecular flexibility index (Phi) is 5.23. The average molecular weight is 378 g/mol. The minimum atomic E-state index is -0.0310. The summed E-state index contributed by atoms with van der Waals surface area (Å²) < 4.78 is 10.6. The van der Waals surface area contributed by atoms with Gasteiger partial charge < -0.3 is 19.4 Å². The van der Waals surface area contributed by atoms with Crippen molar-refractivity contribution in [2.24, 2.45) is 5.92 Å². The number of furan rings is 1. The zero-order valence-corrected chi connectivity index (χ0v) is 15.7. The summed E-state index contributed by atoms with van der Waals surface area (Å²) in [5, 5.41) is 11.6. The molecule has 3 heterocycles. The highest BCUT2D eigenvalue weighted by Crippen LogP contribution is 2.27. The molecular formula is C21H22N4O3. The maximum atomic E-state index is 12.6. The van der Waals surface area contributed by atoms with Crippen molar-refractivity contribution < 1.29 is 13.9 Å². The maximum Gasteiger partial charge on any atom is 0.227 e. The number of rotatable bonds is 5. The van der Waals surface area contributed by atoms with E-state index >= 15 is 0 Å². The Labute approximate surface area is 163 Å². The highest BCUT2D eigenvalue weighted by atomic mass is 16.5. The van der Waals surface area contributed by atoms with Crippen molar-refractivity contribution in [2.45, 2.75) is 12.8 Å². The Hall–Kier alpha value is -3.35. The highest BCUT2D eigenvalue weighted by Gasteiger charge is 2.26. The number of carbonyl (C=O) groups is 1. The quantitative estimate of drug-likeness (QED) is 0.731. The van der Waals surface area contributed by atoms with Crippen molar-refractivity contribution in [3.63, 3.8) is 0 Å². The minimum Gasteiger partial charge on any atom is -0.495 e. The van der Waals surface area contributed by atoms with Crippen molar-refractivity contribution in [1.29, 1.82) is 0 Å². The zero-order valence-electron chi connectivity index (χ0n) is 15.7. The number of anilines is 2. The molecule has 1 amide bonds. The SMILES string of the molecule is COc1ccccc1NC(=O)C1CCN(c2ccc(-c3ccco3)nn2)CC1. The number of aromatic nitrogens is 2. The van der Waals surface area contributed by atoms with E-state index in [-0.39, 0.29) is 11.8 Å². The largest absolute Gasteiger partial charge is 0.495 e. The Balaban J connectivity index is 1.34. The molecule has 7 nitrogen and oxygen atoms in total. The number of piperidine rings is 1. The van der Waals surface area contributed by atoms with E-state index in [1.54, 1.807) is 13.4 Å². The molecule has 0 radical (unpaired) electrons. The number of nitrogens with zero attached hydrogens (tertiary/aromatic N) is 3. The Bertz CT molecular complexity index is 917. The molecule has 28 heavy (non-hydrogen) atoms. The van der Waals surface area contributed by atoms with Crippen LogP contribution in [-0.4, -0.2) is 36.3 Å². The number of nitrogens with one attached hydrogen (secondary N) is 1. The fourth-order valence-corrected chi connectivity index (χ4v) is 3.40. The van der Waals surface area contributed by atoms with Gasteiger partial charge in [0.15, 0.2) is 11.6 Å². The van der Waals surface area contributed by atoms with Gasteiger partial charge in [-0.1, -0.05) is 12.1 Å². The van der Waals surface area contributed by atoms with Gasteiger partial charge in [-0.3, -0.25) is 4.79 Å². The first-order valence-electron chi connectivity index (χ1n) is 9.31. The summed E-state index contributed by atoms with van der Waals surface area (Å²) in [5.74, 6) is 2.18. The number of para-hydroxylation sites is 2. The number of hydrogen-bond acceptors (Lipinski definition) is 6. The van der Waals surface area contributed by atoms with Crippen molar-refractivity contribution in [3.8, 4) is 17.2 Å². The van der Waals surface area contributed by atoms with E-state index in [9.17, 15) is 4.79 Å². The van der Waals surface area contributed by atoms with E-state index in [0.717, 1.165) is 31.7 Å². The third-order valence-corrected chi connectivity index (χ3v) is 4.98. The fraction of sp³-hybridized carbons (Fsp3) is 0.286. The molecule has 0 bridgehead atoms. The lowest BCUT2D eigenvalue weighted by Gasteiger charge is -2.31. The normalized spacial score (nSPS) is 14.7. The number of methoxy groups -OCH3 is 1. The highest BCUT2D eigenvalue weighted by molar-refractivity contribution is 5.94. The van der Waals surface area contributed by atoms with Gasteiger partial charge in [0.05, 0.1) is 19.1 Å². The van der Waals surface area contributed by atoms with Crippen LogP contribution >= 0.6 is 0 Å². The van der Waals surface area contributed by atoms with Crippen LogP contribution < -0.4 is 15.0 Å². The zero-order chi connectivity index (χ0) is 19.3. The van der Waals surface area contributed by atoms with Crippen LogP contribution in [0.15, 0.2) is 59.2 Å².